The fourth-order valence-electron chi connectivity index (χ4n) is 2.62. The summed E-state index contributed by atoms with van der Waals surface area (Å²) < 4.78 is 0. The molecule has 2 aromatic rings. The van der Waals surface area contributed by atoms with Crippen molar-refractivity contribution in [2.24, 2.45) is 11.7 Å². The summed E-state index contributed by atoms with van der Waals surface area (Å²) in [5.74, 6) is 0.239. The lowest BCUT2D eigenvalue weighted by atomic mass is 10.0. The molecule has 0 aliphatic carbocycles. The molecule has 0 unspecified atom stereocenters. The first-order valence-electron chi connectivity index (χ1n) is 7.54. The molecule has 0 saturated carbocycles. The smallest absolute Gasteiger partial charge is 0.240 e. The molecule has 3 rings (SSSR count). The van der Waals surface area contributed by atoms with Gasteiger partial charge >= 0.3 is 0 Å². The standard InChI is InChI=1S/C16H21N3OS2/c1-9(2)15(17)16(20)19-5-4-13-11(7-19)6-14(22-13)12-8-21-10(3)18-12/h6,8-9,15H,4-5,7,17H2,1-3H3/t15-/m0/s1. The van der Waals surface area contributed by atoms with Crippen molar-refractivity contribution in [1.29, 1.82) is 0 Å². The first-order chi connectivity index (χ1) is 10.5. The van der Waals surface area contributed by atoms with Crippen LogP contribution in [0.4, 0.5) is 0 Å². The van der Waals surface area contributed by atoms with Gasteiger partial charge in [0.15, 0.2) is 0 Å². The minimum absolute atomic E-state index is 0.0675. The Labute approximate surface area is 139 Å². The van der Waals surface area contributed by atoms with Gasteiger partial charge in [-0.25, -0.2) is 4.98 Å². The fraction of sp³-hybridized carbons (Fsp3) is 0.500. The van der Waals surface area contributed by atoms with Gasteiger partial charge in [-0.1, -0.05) is 13.8 Å². The summed E-state index contributed by atoms with van der Waals surface area (Å²) in [6.45, 7) is 7.45. The first-order valence-corrected chi connectivity index (χ1v) is 9.23. The van der Waals surface area contributed by atoms with Crippen molar-refractivity contribution in [3.05, 3.63) is 26.9 Å². The molecular weight excluding hydrogens is 314 g/mol. The van der Waals surface area contributed by atoms with Crippen LogP contribution in [0.3, 0.4) is 0 Å². The molecule has 118 valence electrons. The van der Waals surface area contributed by atoms with Crippen LogP contribution in [0, 0.1) is 12.8 Å². The van der Waals surface area contributed by atoms with E-state index in [-0.39, 0.29) is 11.8 Å². The summed E-state index contributed by atoms with van der Waals surface area (Å²) in [5.41, 5.74) is 8.32. The van der Waals surface area contributed by atoms with Gasteiger partial charge in [0.25, 0.3) is 0 Å². The molecule has 2 aromatic heterocycles. The van der Waals surface area contributed by atoms with Gasteiger partial charge in [-0.2, -0.15) is 0 Å². The molecule has 0 saturated heterocycles. The van der Waals surface area contributed by atoms with Crippen LogP contribution in [-0.4, -0.2) is 28.4 Å². The predicted molar refractivity (Wildman–Crippen MR) is 92.1 cm³/mol. The van der Waals surface area contributed by atoms with Gasteiger partial charge < -0.3 is 10.6 Å². The number of thiazole rings is 1. The van der Waals surface area contributed by atoms with E-state index in [2.05, 4.69) is 16.4 Å². The lowest BCUT2D eigenvalue weighted by Crippen LogP contribution is -2.47. The number of aromatic nitrogens is 1. The topological polar surface area (TPSA) is 59.2 Å². The van der Waals surface area contributed by atoms with E-state index in [0.29, 0.717) is 6.54 Å². The molecule has 0 radical (unpaired) electrons. The van der Waals surface area contributed by atoms with Crippen LogP contribution in [0.5, 0.6) is 0 Å². The predicted octanol–water partition coefficient (Wildman–Crippen LogP) is 3.05. The number of hydrogen-bond acceptors (Lipinski definition) is 5. The number of hydrogen-bond donors (Lipinski definition) is 1. The number of rotatable bonds is 3. The van der Waals surface area contributed by atoms with Gasteiger partial charge in [-0.05, 0) is 30.9 Å². The number of carbonyl (C=O) groups is 1. The summed E-state index contributed by atoms with van der Waals surface area (Å²) in [7, 11) is 0. The lowest BCUT2D eigenvalue weighted by molar-refractivity contribution is -0.134. The molecular formula is C16H21N3OS2. The summed E-state index contributed by atoms with van der Waals surface area (Å²) in [6, 6.07) is 1.79. The first kappa shape index (κ1) is 15.6. The molecule has 3 heterocycles. The SMILES string of the molecule is Cc1nc(-c2cc3c(s2)CCN(C(=O)[C@@H](N)C(C)C)C3)cs1. The molecule has 0 fully saturated rings. The fourth-order valence-corrected chi connectivity index (χ4v) is 4.43. The van der Waals surface area contributed by atoms with Crippen LogP contribution >= 0.6 is 22.7 Å². The zero-order chi connectivity index (χ0) is 15.9. The highest BCUT2D eigenvalue weighted by atomic mass is 32.1. The molecule has 0 aromatic carbocycles. The van der Waals surface area contributed by atoms with E-state index in [1.165, 1.54) is 15.3 Å². The van der Waals surface area contributed by atoms with Crippen molar-refractivity contribution in [3.8, 4) is 10.6 Å². The highest BCUT2D eigenvalue weighted by Gasteiger charge is 2.28. The molecule has 4 nitrogen and oxygen atoms in total. The number of amides is 1. The summed E-state index contributed by atoms with van der Waals surface area (Å²) in [5, 5.41) is 3.19. The van der Waals surface area contributed by atoms with Gasteiger partial charge in [-0.15, -0.1) is 22.7 Å². The Morgan fingerprint density at radius 2 is 2.23 bits per heavy atom. The molecule has 22 heavy (non-hydrogen) atoms. The quantitative estimate of drug-likeness (QED) is 0.938. The number of nitrogens with zero attached hydrogens (tertiary/aromatic N) is 2. The van der Waals surface area contributed by atoms with E-state index < -0.39 is 6.04 Å². The Hall–Kier alpha value is -1.24. The molecule has 2 N–H and O–H groups in total. The van der Waals surface area contributed by atoms with Crippen LogP contribution in [0.1, 0.15) is 29.3 Å². The Morgan fingerprint density at radius 3 is 2.86 bits per heavy atom. The van der Waals surface area contributed by atoms with Crippen molar-refractivity contribution in [3.63, 3.8) is 0 Å². The van der Waals surface area contributed by atoms with Crippen molar-refractivity contribution >= 4 is 28.6 Å². The second-order valence-corrected chi connectivity index (χ2v) is 8.29. The largest absolute Gasteiger partial charge is 0.337 e. The van der Waals surface area contributed by atoms with Gasteiger partial charge in [0.05, 0.1) is 21.6 Å². The summed E-state index contributed by atoms with van der Waals surface area (Å²) in [6.07, 6.45) is 0.916. The summed E-state index contributed by atoms with van der Waals surface area (Å²) >= 11 is 3.48. The third-order valence-electron chi connectivity index (χ3n) is 4.05. The lowest BCUT2D eigenvalue weighted by Gasteiger charge is -2.30. The maximum Gasteiger partial charge on any atom is 0.240 e. The normalized spacial score (nSPS) is 16.0. The van der Waals surface area contributed by atoms with Crippen LogP contribution in [0.25, 0.3) is 10.6 Å². The van der Waals surface area contributed by atoms with Crippen LogP contribution in [-0.2, 0) is 17.8 Å². The Kier molecular flexibility index (Phi) is 4.34. The average molecular weight is 335 g/mol. The maximum absolute atomic E-state index is 12.4. The average Bonchev–Trinajstić information content (AvgIpc) is 3.10. The number of nitrogens with two attached hydrogens (primary N) is 1. The second-order valence-electron chi connectivity index (χ2n) is 6.09. The Balaban J connectivity index is 1.79. The molecule has 1 aliphatic rings. The molecule has 0 bridgehead atoms. The van der Waals surface area contributed by atoms with Crippen molar-refractivity contribution in [2.45, 2.75) is 39.8 Å². The number of carbonyl (C=O) groups excluding carboxylic acids is 1. The summed E-state index contributed by atoms with van der Waals surface area (Å²) in [4.78, 5) is 21.5. The van der Waals surface area contributed by atoms with Crippen molar-refractivity contribution in [1.82, 2.24) is 9.88 Å². The highest BCUT2D eigenvalue weighted by molar-refractivity contribution is 7.16. The number of thiophene rings is 1. The van der Waals surface area contributed by atoms with Gasteiger partial charge in [0, 0.05) is 23.3 Å². The second kappa shape index (κ2) is 6.10. The molecule has 1 aliphatic heterocycles. The van der Waals surface area contributed by atoms with Gasteiger partial charge in [0.2, 0.25) is 5.91 Å². The Morgan fingerprint density at radius 1 is 1.45 bits per heavy atom. The van der Waals surface area contributed by atoms with Crippen LogP contribution < -0.4 is 5.73 Å². The van der Waals surface area contributed by atoms with Crippen molar-refractivity contribution in [2.75, 3.05) is 6.54 Å². The maximum atomic E-state index is 12.4. The molecule has 0 spiro atoms. The van der Waals surface area contributed by atoms with Crippen molar-refractivity contribution < 1.29 is 4.79 Å². The Bertz CT molecular complexity index is 689. The van der Waals surface area contributed by atoms with E-state index in [0.717, 1.165) is 23.7 Å². The number of aryl methyl sites for hydroxylation is 1. The van der Waals surface area contributed by atoms with Gasteiger partial charge in [0.1, 0.15) is 0 Å². The van der Waals surface area contributed by atoms with Crippen LogP contribution in [0.2, 0.25) is 0 Å². The third kappa shape index (κ3) is 2.95. The van der Waals surface area contributed by atoms with E-state index in [1.807, 2.05) is 25.7 Å². The zero-order valence-electron chi connectivity index (χ0n) is 13.1. The minimum atomic E-state index is -0.402. The molecule has 1 amide bonds. The molecule has 1 atom stereocenters. The highest BCUT2D eigenvalue weighted by Crippen LogP contribution is 2.35. The van der Waals surface area contributed by atoms with E-state index in [1.54, 1.807) is 22.7 Å². The van der Waals surface area contributed by atoms with E-state index in [9.17, 15) is 4.79 Å². The number of fused-ring (bicyclic) bond motifs is 1. The monoisotopic (exact) mass is 335 g/mol. The third-order valence-corrected chi connectivity index (χ3v) is 6.09. The van der Waals surface area contributed by atoms with Crippen LogP contribution in [0.15, 0.2) is 11.4 Å². The minimum Gasteiger partial charge on any atom is -0.337 e. The van der Waals surface area contributed by atoms with E-state index >= 15 is 0 Å². The molecule has 6 heteroatoms. The zero-order valence-corrected chi connectivity index (χ0v) is 14.8. The van der Waals surface area contributed by atoms with Gasteiger partial charge in [-0.3, -0.25) is 4.79 Å². The van der Waals surface area contributed by atoms with E-state index in [4.69, 9.17) is 5.73 Å².